The van der Waals surface area contributed by atoms with Crippen LogP contribution in [0.25, 0.3) is 0 Å². The van der Waals surface area contributed by atoms with E-state index < -0.39 is 72.0 Å². The normalized spacial score (nSPS) is 23.9. The summed E-state index contributed by atoms with van der Waals surface area (Å²) < 4.78 is 22.8. The van der Waals surface area contributed by atoms with Crippen LogP contribution in [0.2, 0.25) is 0 Å². The highest BCUT2D eigenvalue weighted by Gasteiger charge is 2.51. The zero-order valence-electron chi connectivity index (χ0n) is 36.4. The minimum absolute atomic E-state index is 0.107. The van der Waals surface area contributed by atoms with Crippen molar-refractivity contribution < 1.29 is 47.7 Å². The molecule has 0 aromatic heterocycles. The molecule has 4 heterocycles. The van der Waals surface area contributed by atoms with Crippen molar-refractivity contribution in [3.05, 3.63) is 60.7 Å². The molecule has 4 fully saturated rings. The van der Waals surface area contributed by atoms with Crippen LogP contribution in [0.3, 0.4) is 0 Å². The number of likely N-dealkylation sites (tertiary alicyclic amines) is 2. The number of anilines is 2. The van der Waals surface area contributed by atoms with Crippen LogP contribution in [-0.4, -0.2) is 132 Å². The molecule has 18 heteroatoms. The van der Waals surface area contributed by atoms with Gasteiger partial charge in [-0.3, -0.25) is 20.2 Å². The molecule has 2 aromatic carbocycles. The zero-order valence-corrected chi connectivity index (χ0v) is 36.4. The van der Waals surface area contributed by atoms with Crippen molar-refractivity contribution in [1.29, 1.82) is 0 Å². The fraction of sp³-hybridized carbons (Fsp3) is 0.591. The van der Waals surface area contributed by atoms with Crippen LogP contribution in [0.1, 0.15) is 80.1 Å². The Morgan fingerprint density at radius 1 is 0.597 bits per heavy atom. The number of nitrogens with one attached hydrogen (secondary N) is 6. The van der Waals surface area contributed by atoms with E-state index in [4.69, 9.17) is 18.9 Å². The van der Waals surface area contributed by atoms with Crippen molar-refractivity contribution in [3.8, 4) is 0 Å². The summed E-state index contributed by atoms with van der Waals surface area (Å²) in [5.74, 6) is -0.689. The molecule has 2 aromatic rings. The first-order valence-electron chi connectivity index (χ1n) is 21.6. The van der Waals surface area contributed by atoms with Gasteiger partial charge in [0, 0.05) is 49.6 Å². The van der Waals surface area contributed by atoms with Crippen LogP contribution in [0.5, 0.6) is 0 Å². The Kier molecular flexibility index (Phi) is 14.8. The average molecular weight is 863 g/mol. The Hall–Kier alpha value is -5.62. The smallest absolute Gasteiger partial charge is 0.412 e. The summed E-state index contributed by atoms with van der Waals surface area (Å²) in [6.07, 6.45) is -1.65. The molecule has 6 rings (SSSR count). The van der Waals surface area contributed by atoms with Gasteiger partial charge in [0.1, 0.15) is 35.5 Å². The molecule has 0 aliphatic carbocycles. The highest BCUT2D eigenvalue weighted by molar-refractivity contribution is 5.88. The van der Waals surface area contributed by atoms with E-state index in [1.165, 1.54) is 0 Å². The van der Waals surface area contributed by atoms with E-state index in [2.05, 4.69) is 31.9 Å². The van der Waals surface area contributed by atoms with E-state index in [1.54, 1.807) is 99.9 Å². The Morgan fingerprint density at radius 3 is 1.32 bits per heavy atom. The van der Waals surface area contributed by atoms with Gasteiger partial charge in [0.25, 0.3) is 0 Å². The number of benzene rings is 2. The molecule has 4 aliphatic heterocycles. The first-order chi connectivity index (χ1) is 29.4. The van der Waals surface area contributed by atoms with Crippen molar-refractivity contribution >= 4 is 47.6 Å². The number of fused-ring (bicyclic) bond motifs is 2. The number of unbranched alkanes of at least 4 members (excludes halogenated alkanes) is 1. The van der Waals surface area contributed by atoms with Gasteiger partial charge in [0.15, 0.2) is 0 Å². The summed E-state index contributed by atoms with van der Waals surface area (Å²) in [6, 6.07) is 14.7. The van der Waals surface area contributed by atoms with Gasteiger partial charge in [0.05, 0.1) is 12.1 Å². The number of hydrogen-bond acceptors (Lipinski definition) is 12. The maximum absolute atomic E-state index is 14.4. The lowest BCUT2D eigenvalue weighted by Gasteiger charge is -2.32. The molecule has 0 radical (unpaired) electrons. The SMILES string of the molecule is CC(C)(C)OC(=O)NC(CCCC[C@H](NC(=O)OC(C)(C)C)C(=O)N1CC[C@H]2NC[C@H](OC(=O)Nc3ccccc3)[C@H]21)C(=O)N1CC[C@H]2NC[C@H](OC(=O)Nc3ccccc3)[C@H]21. The summed E-state index contributed by atoms with van der Waals surface area (Å²) in [5, 5.41) is 17.8. The van der Waals surface area contributed by atoms with E-state index in [0.29, 0.717) is 63.2 Å². The number of para-hydroxylation sites is 2. The molecule has 4 saturated heterocycles. The number of hydrogen-bond donors (Lipinski definition) is 6. The molecule has 338 valence electrons. The van der Waals surface area contributed by atoms with E-state index in [-0.39, 0.29) is 36.7 Å². The van der Waals surface area contributed by atoms with Gasteiger partial charge in [-0.25, -0.2) is 19.2 Å². The summed E-state index contributed by atoms with van der Waals surface area (Å²) in [7, 11) is 0. The van der Waals surface area contributed by atoms with E-state index >= 15 is 0 Å². The lowest BCUT2D eigenvalue weighted by atomic mass is 10.0. The van der Waals surface area contributed by atoms with Crippen LogP contribution in [0.4, 0.5) is 30.6 Å². The number of carbonyl (C=O) groups excluding carboxylic acids is 6. The minimum atomic E-state index is -1.00. The second-order valence-corrected chi connectivity index (χ2v) is 18.2. The molecule has 0 spiro atoms. The monoisotopic (exact) mass is 862 g/mol. The first kappa shape index (κ1) is 45.9. The lowest BCUT2D eigenvalue weighted by molar-refractivity contribution is -0.137. The highest BCUT2D eigenvalue weighted by atomic mass is 16.6. The predicted octanol–water partition coefficient (Wildman–Crippen LogP) is 4.71. The molecule has 18 nitrogen and oxygen atoms in total. The van der Waals surface area contributed by atoms with Gasteiger partial charge >= 0.3 is 24.4 Å². The van der Waals surface area contributed by atoms with E-state index in [1.807, 2.05) is 12.1 Å². The number of carbonyl (C=O) groups is 6. The predicted molar refractivity (Wildman–Crippen MR) is 229 cm³/mol. The second-order valence-electron chi connectivity index (χ2n) is 18.2. The summed E-state index contributed by atoms with van der Waals surface area (Å²) in [6.45, 7) is 11.9. The van der Waals surface area contributed by atoms with E-state index in [0.717, 1.165) is 0 Å². The first-order valence-corrected chi connectivity index (χ1v) is 21.6. The quantitative estimate of drug-likeness (QED) is 0.119. The van der Waals surface area contributed by atoms with Gasteiger partial charge in [-0.1, -0.05) is 49.2 Å². The molecule has 62 heavy (non-hydrogen) atoms. The molecule has 1 unspecified atom stereocenters. The average Bonchev–Trinajstić information content (AvgIpc) is 3.99. The third kappa shape index (κ3) is 12.5. The Labute approximate surface area is 362 Å². The number of amides is 6. The van der Waals surface area contributed by atoms with Crippen molar-refractivity contribution in [2.75, 3.05) is 36.8 Å². The summed E-state index contributed by atoms with van der Waals surface area (Å²) in [5.41, 5.74) is -0.491. The van der Waals surface area contributed by atoms with Crippen LogP contribution in [0.15, 0.2) is 60.7 Å². The third-order valence-electron chi connectivity index (χ3n) is 11.2. The fourth-order valence-electron chi connectivity index (χ4n) is 8.63. The van der Waals surface area contributed by atoms with Crippen LogP contribution < -0.4 is 31.9 Å². The van der Waals surface area contributed by atoms with Gasteiger partial charge in [-0.2, -0.15) is 0 Å². The number of nitrogens with zero attached hydrogens (tertiary/aromatic N) is 2. The molecular formula is C44H62N8O10. The Morgan fingerprint density at radius 2 is 0.968 bits per heavy atom. The van der Waals surface area contributed by atoms with Crippen molar-refractivity contribution in [1.82, 2.24) is 31.1 Å². The summed E-state index contributed by atoms with van der Waals surface area (Å²) >= 11 is 0. The topological polar surface area (TPSA) is 218 Å². The molecular weight excluding hydrogens is 801 g/mol. The Balaban J connectivity index is 1.12. The van der Waals surface area contributed by atoms with Crippen LogP contribution >= 0.6 is 0 Å². The molecule has 6 N–H and O–H groups in total. The summed E-state index contributed by atoms with van der Waals surface area (Å²) in [4.78, 5) is 84.2. The maximum Gasteiger partial charge on any atom is 0.412 e. The number of rotatable bonds is 13. The second kappa shape index (κ2) is 20.0. The fourth-order valence-corrected chi connectivity index (χ4v) is 8.63. The minimum Gasteiger partial charge on any atom is -0.444 e. The van der Waals surface area contributed by atoms with Crippen molar-refractivity contribution in [2.45, 2.75) is 140 Å². The van der Waals surface area contributed by atoms with Crippen LogP contribution in [-0.2, 0) is 28.5 Å². The van der Waals surface area contributed by atoms with Crippen LogP contribution in [0, 0.1) is 0 Å². The molecule has 0 saturated carbocycles. The van der Waals surface area contributed by atoms with Gasteiger partial charge < -0.3 is 50.0 Å². The van der Waals surface area contributed by atoms with Gasteiger partial charge in [0.2, 0.25) is 11.8 Å². The number of ether oxygens (including phenoxy) is 4. The van der Waals surface area contributed by atoms with Crippen molar-refractivity contribution in [2.24, 2.45) is 0 Å². The third-order valence-corrected chi connectivity index (χ3v) is 11.2. The molecule has 4 aliphatic rings. The molecule has 8 atom stereocenters. The zero-order chi connectivity index (χ0) is 44.6. The molecule has 0 bridgehead atoms. The Bertz CT molecular complexity index is 1760. The van der Waals surface area contributed by atoms with Crippen molar-refractivity contribution in [3.63, 3.8) is 0 Å². The molecule has 6 amide bonds. The lowest BCUT2D eigenvalue weighted by Crippen LogP contribution is -2.54. The largest absolute Gasteiger partial charge is 0.444 e. The van der Waals surface area contributed by atoms with Gasteiger partial charge in [-0.05, 0) is 91.5 Å². The maximum atomic E-state index is 14.4. The standard InChI is InChI=1S/C44H62N8O10/c1-43(2,3)61-41(57)49-31(37(53)51-23-21-29-35(51)33(25-45-29)59-39(55)47-27-15-9-7-10-16-27)19-13-14-20-32(50-42(58)62-44(4,5)6)38(54)52-24-22-30-36(52)34(26-46-30)60-40(56)48-28-17-11-8-12-18-28/h7-12,15-18,29-36,45-46H,13-14,19-26H2,1-6H3,(H,47,55)(H,48,56)(H,49,57)(H,50,58)/t29-,30-,31+,32?,33+,34+,35+,36+/m1/s1. The number of alkyl carbamates (subject to hydrolysis) is 2. The highest BCUT2D eigenvalue weighted by Crippen LogP contribution is 2.31. The van der Waals surface area contributed by atoms with Gasteiger partial charge in [-0.15, -0.1) is 0 Å². The van der Waals surface area contributed by atoms with E-state index in [9.17, 15) is 28.8 Å².